The second-order valence-electron chi connectivity index (χ2n) is 6.95. The third-order valence-electron chi connectivity index (χ3n) is 3.73. The Labute approximate surface area is 168 Å². The van der Waals surface area contributed by atoms with Gasteiger partial charge in [0.05, 0.1) is 18.7 Å². The Kier molecular flexibility index (Phi) is 6.57. The first-order valence-corrected chi connectivity index (χ1v) is 9.18. The van der Waals surface area contributed by atoms with E-state index in [1.165, 1.54) is 13.2 Å². The first-order chi connectivity index (χ1) is 12.4. The van der Waals surface area contributed by atoms with Crippen molar-refractivity contribution in [3.05, 3.63) is 27.2 Å². The quantitative estimate of drug-likeness (QED) is 0.374. The fourth-order valence-corrected chi connectivity index (χ4v) is 3.10. The van der Waals surface area contributed by atoms with Crippen molar-refractivity contribution in [3.8, 4) is 5.75 Å². The predicted molar refractivity (Wildman–Crippen MR) is 96.8 cm³/mol. The van der Waals surface area contributed by atoms with Crippen LogP contribution in [0.4, 0.5) is 13.6 Å². The number of nitrogens with zero attached hydrogens (tertiary/aromatic N) is 1. The van der Waals surface area contributed by atoms with Crippen molar-refractivity contribution in [2.45, 2.75) is 44.9 Å². The van der Waals surface area contributed by atoms with E-state index in [0.717, 1.165) is 4.90 Å². The van der Waals surface area contributed by atoms with Crippen LogP contribution in [0.3, 0.4) is 0 Å². The smallest absolute Gasteiger partial charge is 0.411 e. The fraction of sp³-hybridized carbons (Fsp3) is 0.529. The van der Waals surface area contributed by atoms with Crippen molar-refractivity contribution in [3.63, 3.8) is 0 Å². The molecular formula is C17H19BrClF2NO5. The zero-order chi connectivity index (χ0) is 20.5. The summed E-state index contributed by atoms with van der Waals surface area (Å²) in [5, 5.41) is -0.408. The van der Waals surface area contributed by atoms with Crippen molar-refractivity contribution in [1.82, 2.24) is 4.90 Å². The zero-order valence-corrected chi connectivity index (χ0v) is 17.5. The molecule has 0 saturated carbocycles. The summed E-state index contributed by atoms with van der Waals surface area (Å²) < 4.78 is 43.5. The maximum absolute atomic E-state index is 14.1. The second-order valence-corrected chi connectivity index (χ2v) is 8.18. The van der Waals surface area contributed by atoms with E-state index in [0.29, 0.717) is 0 Å². The molecule has 1 aromatic carbocycles. The molecule has 6 nitrogen and oxygen atoms in total. The average molecular weight is 471 g/mol. The molecule has 2 atom stereocenters. The van der Waals surface area contributed by atoms with Gasteiger partial charge in [0.1, 0.15) is 17.7 Å². The van der Waals surface area contributed by atoms with E-state index in [2.05, 4.69) is 15.9 Å². The van der Waals surface area contributed by atoms with E-state index in [9.17, 15) is 18.4 Å². The first-order valence-electron chi connectivity index (χ1n) is 8.01. The molecule has 0 N–H and O–H groups in total. The maximum atomic E-state index is 14.1. The fourth-order valence-electron chi connectivity index (χ4n) is 2.58. The molecule has 0 aliphatic carbocycles. The third-order valence-corrected chi connectivity index (χ3v) is 4.95. The number of esters is 1. The molecule has 150 valence electrons. The molecule has 2 unspecified atom stereocenters. The van der Waals surface area contributed by atoms with Crippen LogP contribution in [0.25, 0.3) is 0 Å². The molecule has 1 amide bonds. The van der Waals surface area contributed by atoms with Crippen LogP contribution in [-0.4, -0.2) is 48.4 Å². The van der Waals surface area contributed by atoms with Crippen LogP contribution < -0.4 is 4.74 Å². The van der Waals surface area contributed by atoms with Gasteiger partial charge in [-0.25, -0.2) is 14.0 Å². The molecule has 0 spiro atoms. The van der Waals surface area contributed by atoms with Crippen LogP contribution in [0, 0.1) is 11.6 Å². The highest BCUT2D eigenvalue weighted by Crippen LogP contribution is 2.35. The minimum atomic E-state index is -1.26. The Bertz CT molecular complexity index is 756. The lowest BCUT2D eigenvalue weighted by molar-refractivity contribution is -0.145. The summed E-state index contributed by atoms with van der Waals surface area (Å²) in [6.07, 6.45) is -1.47. The molecule has 1 aliphatic heterocycles. The molecule has 0 bridgehead atoms. The standard InChI is InChI=1S/C17H19BrClF2NO5/c1-17(2,3)27-16(24)22-7-8(5-10(22)15(23)25-4)26-11-6-9(18)12(19)14(21)13(11)20/h6,8,10H,5,7H2,1-4H3. The molecule has 1 saturated heterocycles. The molecule has 1 aliphatic rings. The van der Waals surface area contributed by atoms with Crippen LogP contribution in [0.2, 0.25) is 5.02 Å². The summed E-state index contributed by atoms with van der Waals surface area (Å²) in [6.45, 7) is 5.00. The number of hydrogen-bond donors (Lipinski definition) is 0. The first kappa shape index (κ1) is 21.7. The average Bonchev–Trinajstić information content (AvgIpc) is 2.99. The SMILES string of the molecule is COC(=O)C1CC(Oc2cc(Br)c(Cl)c(F)c2F)CN1C(=O)OC(C)(C)C. The Morgan fingerprint density at radius 2 is 1.93 bits per heavy atom. The summed E-state index contributed by atoms with van der Waals surface area (Å²) >= 11 is 8.65. The van der Waals surface area contributed by atoms with E-state index < -0.39 is 46.5 Å². The zero-order valence-electron chi connectivity index (χ0n) is 15.1. The Morgan fingerprint density at radius 3 is 2.48 bits per heavy atom. The minimum absolute atomic E-state index is 0.0349. The van der Waals surface area contributed by atoms with E-state index in [1.54, 1.807) is 20.8 Å². The maximum Gasteiger partial charge on any atom is 0.411 e. The topological polar surface area (TPSA) is 65.1 Å². The highest BCUT2D eigenvalue weighted by molar-refractivity contribution is 9.10. The molecule has 0 radical (unpaired) electrons. The van der Waals surface area contributed by atoms with E-state index in [1.807, 2.05) is 0 Å². The second kappa shape index (κ2) is 8.18. The highest BCUT2D eigenvalue weighted by Gasteiger charge is 2.43. The molecule has 2 rings (SSSR count). The molecular weight excluding hydrogens is 452 g/mol. The molecule has 1 fully saturated rings. The monoisotopic (exact) mass is 469 g/mol. The summed E-state index contributed by atoms with van der Waals surface area (Å²) in [5.74, 6) is -3.56. The van der Waals surface area contributed by atoms with Crippen LogP contribution in [0.1, 0.15) is 27.2 Å². The summed E-state index contributed by atoms with van der Waals surface area (Å²) in [6, 6.07) is 0.225. The van der Waals surface area contributed by atoms with Crippen molar-refractivity contribution >= 4 is 39.6 Å². The van der Waals surface area contributed by atoms with Gasteiger partial charge in [-0.1, -0.05) is 11.6 Å². The van der Waals surface area contributed by atoms with Crippen LogP contribution >= 0.6 is 27.5 Å². The lowest BCUT2D eigenvalue weighted by Gasteiger charge is -2.27. The van der Waals surface area contributed by atoms with Gasteiger partial charge in [-0.05, 0) is 42.8 Å². The number of ether oxygens (including phenoxy) is 3. The molecule has 0 aromatic heterocycles. The minimum Gasteiger partial charge on any atom is -0.485 e. The molecule has 1 aromatic rings. The molecule has 1 heterocycles. The normalized spacial score (nSPS) is 19.8. The lowest BCUT2D eigenvalue weighted by Crippen LogP contribution is -2.44. The van der Waals surface area contributed by atoms with Crippen LogP contribution in [-0.2, 0) is 14.3 Å². The van der Waals surface area contributed by atoms with Crippen LogP contribution in [0.5, 0.6) is 5.75 Å². The Hall–Kier alpha value is -1.61. The Balaban J connectivity index is 2.23. The molecule has 27 heavy (non-hydrogen) atoms. The van der Waals surface area contributed by atoms with Gasteiger partial charge in [0.2, 0.25) is 5.82 Å². The van der Waals surface area contributed by atoms with Gasteiger partial charge in [0, 0.05) is 10.9 Å². The number of benzene rings is 1. The van der Waals surface area contributed by atoms with Gasteiger partial charge < -0.3 is 14.2 Å². The van der Waals surface area contributed by atoms with Gasteiger partial charge in [-0.15, -0.1) is 0 Å². The number of amides is 1. The number of halogens is 4. The largest absolute Gasteiger partial charge is 0.485 e. The van der Waals surface area contributed by atoms with E-state index >= 15 is 0 Å². The number of methoxy groups -OCH3 is 1. The Morgan fingerprint density at radius 1 is 1.30 bits per heavy atom. The summed E-state index contributed by atoms with van der Waals surface area (Å²) in [4.78, 5) is 25.6. The predicted octanol–water partition coefficient (Wildman–Crippen LogP) is 4.31. The van der Waals surface area contributed by atoms with Crippen molar-refractivity contribution in [1.29, 1.82) is 0 Å². The van der Waals surface area contributed by atoms with Gasteiger partial charge >= 0.3 is 12.1 Å². The number of carbonyl (C=O) groups is 2. The van der Waals surface area contributed by atoms with Gasteiger partial charge in [-0.2, -0.15) is 4.39 Å². The van der Waals surface area contributed by atoms with E-state index in [4.69, 9.17) is 25.8 Å². The van der Waals surface area contributed by atoms with E-state index in [-0.39, 0.29) is 23.2 Å². The number of likely N-dealkylation sites (tertiary alicyclic amines) is 1. The van der Waals surface area contributed by atoms with Gasteiger partial charge in [0.25, 0.3) is 0 Å². The third kappa shape index (κ3) is 5.01. The van der Waals surface area contributed by atoms with Crippen LogP contribution in [0.15, 0.2) is 10.5 Å². The van der Waals surface area contributed by atoms with Crippen molar-refractivity contribution in [2.24, 2.45) is 0 Å². The van der Waals surface area contributed by atoms with Crippen molar-refractivity contribution < 1.29 is 32.6 Å². The lowest BCUT2D eigenvalue weighted by atomic mass is 10.2. The van der Waals surface area contributed by atoms with Crippen molar-refractivity contribution in [2.75, 3.05) is 13.7 Å². The molecule has 10 heteroatoms. The number of carbonyl (C=O) groups excluding carboxylic acids is 2. The van der Waals surface area contributed by atoms with Gasteiger partial charge in [0.15, 0.2) is 11.6 Å². The van der Waals surface area contributed by atoms with Gasteiger partial charge in [-0.3, -0.25) is 4.90 Å². The summed E-state index contributed by atoms with van der Waals surface area (Å²) in [5.41, 5.74) is -0.771. The highest BCUT2D eigenvalue weighted by atomic mass is 79.9. The number of rotatable bonds is 3. The summed E-state index contributed by atoms with van der Waals surface area (Å²) in [7, 11) is 1.19. The number of hydrogen-bond acceptors (Lipinski definition) is 5.